The lowest BCUT2D eigenvalue weighted by atomic mass is 9.78. The van der Waals surface area contributed by atoms with E-state index in [-0.39, 0.29) is 15.5 Å². The summed E-state index contributed by atoms with van der Waals surface area (Å²) < 4.78 is 25.6. The summed E-state index contributed by atoms with van der Waals surface area (Å²) in [6.45, 7) is 7.57. The molecule has 1 aliphatic heterocycles. The van der Waals surface area contributed by atoms with Crippen LogP contribution < -0.4 is 5.46 Å². The second-order valence-electron chi connectivity index (χ2n) is 5.35. The summed E-state index contributed by atoms with van der Waals surface area (Å²) in [5.41, 5.74) is -0.936. The molecule has 0 amide bonds. The van der Waals surface area contributed by atoms with E-state index in [4.69, 9.17) is 32.5 Å². The van der Waals surface area contributed by atoms with E-state index < -0.39 is 24.1 Å². The van der Waals surface area contributed by atoms with Gasteiger partial charge in [-0.3, -0.25) is 0 Å². The molecular formula is C12H14BCl2FO2. The van der Waals surface area contributed by atoms with Crippen LogP contribution in [0.1, 0.15) is 27.7 Å². The second-order valence-corrected chi connectivity index (χ2v) is 6.16. The summed E-state index contributed by atoms with van der Waals surface area (Å²) in [6.07, 6.45) is 0. The molecule has 0 bridgehead atoms. The van der Waals surface area contributed by atoms with Gasteiger partial charge < -0.3 is 9.31 Å². The van der Waals surface area contributed by atoms with Crippen LogP contribution in [0.4, 0.5) is 4.39 Å². The number of benzene rings is 1. The smallest absolute Gasteiger partial charge is 0.399 e. The number of rotatable bonds is 1. The summed E-state index contributed by atoms with van der Waals surface area (Å²) in [5.74, 6) is -0.595. The van der Waals surface area contributed by atoms with E-state index >= 15 is 0 Å². The topological polar surface area (TPSA) is 18.5 Å². The third-order valence-electron chi connectivity index (χ3n) is 3.57. The number of halogens is 3. The Kier molecular flexibility index (Phi) is 3.44. The maximum Gasteiger partial charge on any atom is 0.499 e. The van der Waals surface area contributed by atoms with E-state index in [1.165, 1.54) is 12.1 Å². The van der Waals surface area contributed by atoms with Gasteiger partial charge in [0.25, 0.3) is 0 Å². The van der Waals surface area contributed by atoms with Gasteiger partial charge in [0.1, 0.15) is 5.82 Å². The average Bonchev–Trinajstić information content (AvgIpc) is 2.43. The van der Waals surface area contributed by atoms with Crippen LogP contribution in [0, 0.1) is 5.82 Å². The zero-order chi connectivity index (χ0) is 13.7. The molecule has 0 saturated carbocycles. The highest BCUT2D eigenvalue weighted by Gasteiger charge is 2.53. The molecular weight excluding hydrogens is 277 g/mol. The average molecular weight is 291 g/mol. The minimum Gasteiger partial charge on any atom is -0.399 e. The molecule has 2 rings (SSSR count). The van der Waals surface area contributed by atoms with Gasteiger partial charge in [0, 0.05) is 10.5 Å². The monoisotopic (exact) mass is 290 g/mol. The molecule has 1 aliphatic rings. The van der Waals surface area contributed by atoms with Crippen molar-refractivity contribution in [3.8, 4) is 0 Å². The molecule has 0 N–H and O–H groups in total. The van der Waals surface area contributed by atoms with Gasteiger partial charge in [0.15, 0.2) is 0 Å². The lowest BCUT2D eigenvalue weighted by molar-refractivity contribution is 0.00578. The SMILES string of the molecule is CC1(C)OB(c2c(Cl)ccc(Cl)c2F)OC1(C)C. The lowest BCUT2D eigenvalue weighted by Crippen LogP contribution is -2.41. The zero-order valence-electron chi connectivity index (χ0n) is 10.7. The first-order valence-corrected chi connectivity index (χ1v) is 6.40. The van der Waals surface area contributed by atoms with Crippen molar-refractivity contribution in [3.63, 3.8) is 0 Å². The molecule has 98 valence electrons. The minimum atomic E-state index is -0.846. The molecule has 0 atom stereocenters. The molecule has 0 unspecified atom stereocenters. The van der Waals surface area contributed by atoms with Crippen molar-refractivity contribution in [2.45, 2.75) is 38.9 Å². The van der Waals surface area contributed by atoms with Crippen LogP contribution in [0.2, 0.25) is 10.0 Å². The van der Waals surface area contributed by atoms with Crippen molar-refractivity contribution in [3.05, 3.63) is 28.0 Å². The summed E-state index contributed by atoms with van der Waals surface area (Å²) in [4.78, 5) is 0. The molecule has 1 aromatic rings. The Hall–Kier alpha value is -0.285. The fourth-order valence-electron chi connectivity index (χ4n) is 1.72. The summed E-state index contributed by atoms with van der Waals surface area (Å²) in [5, 5.41) is 0.250. The first-order chi connectivity index (χ1) is 8.16. The molecule has 1 fully saturated rings. The highest BCUT2D eigenvalue weighted by Crippen LogP contribution is 2.37. The Bertz CT molecular complexity index is 475. The van der Waals surface area contributed by atoms with Crippen LogP contribution in [-0.4, -0.2) is 18.3 Å². The third kappa shape index (κ3) is 2.16. The Labute approximate surface area is 117 Å². The van der Waals surface area contributed by atoms with Crippen molar-refractivity contribution < 1.29 is 13.7 Å². The van der Waals surface area contributed by atoms with E-state index in [2.05, 4.69) is 0 Å². The van der Waals surface area contributed by atoms with Crippen LogP contribution in [-0.2, 0) is 9.31 Å². The minimum absolute atomic E-state index is 0.00381. The third-order valence-corrected chi connectivity index (χ3v) is 4.19. The molecule has 0 aliphatic carbocycles. The molecule has 0 radical (unpaired) electrons. The van der Waals surface area contributed by atoms with Gasteiger partial charge in [-0.05, 0) is 39.8 Å². The highest BCUT2D eigenvalue weighted by molar-refractivity contribution is 6.66. The fourth-order valence-corrected chi connectivity index (χ4v) is 2.12. The van der Waals surface area contributed by atoms with Gasteiger partial charge in [-0.25, -0.2) is 4.39 Å². The molecule has 2 nitrogen and oxygen atoms in total. The van der Waals surface area contributed by atoms with Crippen LogP contribution in [0.3, 0.4) is 0 Å². The first kappa shape index (κ1) is 14.1. The second kappa shape index (κ2) is 4.38. The Morgan fingerprint density at radius 1 is 1.00 bits per heavy atom. The predicted octanol–water partition coefficient (Wildman–Crippen LogP) is 3.43. The summed E-state index contributed by atoms with van der Waals surface area (Å²) >= 11 is 11.8. The molecule has 1 heterocycles. The maximum absolute atomic E-state index is 14.0. The van der Waals surface area contributed by atoms with E-state index in [1.807, 2.05) is 27.7 Å². The Morgan fingerprint density at radius 2 is 1.44 bits per heavy atom. The van der Waals surface area contributed by atoms with Crippen molar-refractivity contribution in [2.75, 3.05) is 0 Å². The van der Waals surface area contributed by atoms with Gasteiger partial charge in [-0.15, -0.1) is 0 Å². The van der Waals surface area contributed by atoms with E-state index in [0.29, 0.717) is 0 Å². The standard InChI is InChI=1S/C12H14BCl2FO2/c1-11(2)12(3,4)18-13(17-11)9-7(14)5-6-8(15)10(9)16/h5-6H,1-4H3. The van der Waals surface area contributed by atoms with Crippen LogP contribution in [0.25, 0.3) is 0 Å². The van der Waals surface area contributed by atoms with Crippen LogP contribution in [0.15, 0.2) is 12.1 Å². The maximum atomic E-state index is 14.0. The molecule has 0 spiro atoms. The number of hydrogen-bond donors (Lipinski definition) is 0. The van der Waals surface area contributed by atoms with Crippen molar-refractivity contribution in [2.24, 2.45) is 0 Å². The van der Waals surface area contributed by atoms with Gasteiger partial charge in [0.2, 0.25) is 0 Å². The van der Waals surface area contributed by atoms with Gasteiger partial charge in [-0.2, -0.15) is 0 Å². The van der Waals surface area contributed by atoms with Crippen LogP contribution in [0.5, 0.6) is 0 Å². The summed E-state index contributed by atoms with van der Waals surface area (Å²) in [6, 6.07) is 2.95. The zero-order valence-corrected chi connectivity index (χ0v) is 12.2. The Morgan fingerprint density at radius 3 is 1.94 bits per heavy atom. The first-order valence-electron chi connectivity index (χ1n) is 5.65. The predicted molar refractivity (Wildman–Crippen MR) is 72.1 cm³/mol. The Balaban J connectivity index is 2.44. The lowest BCUT2D eigenvalue weighted by Gasteiger charge is -2.32. The van der Waals surface area contributed by atoms with Crippen molar-refractivity contribution in [1.82, 2.24) is 0 Å². The van der Waals surface area contributed by atoms with Gasteiger partial charge >= 0.3 is 7.12 Å². The quantitative estimate of drug-likeness (QED) is 0.583. The largest absolute Gasteiger partial charge is 0.499 e. The van der Waals surface area contributed by atoms with Crippen molar-refractivity contribution in [1.29, 1.82) is 0 Å². The number of hydrogen-bond acceptors (Lipinski definition) is 2. The van der Waals surface area contributed by atoms with E-state index in [1.54, 1.807) is 0 Å². The molecule has 1 saturated heterocycles. The highest BCUT2D eigenvalue weighted by atomic mass is 35.5. The molecule has 18 heavy (non-hydrogen) atoms. The van der Waals surface area contributed by atoms with E-state index in [0.717, 1.165) is 0 Å². The van der Waals surface area contributed by atoms with Gasteiger partial charge in [0.05, 0.1) is 16.2 Å². The normalized spacial score (nSPS) is 21.4. The molecule has 0 aromatic heterocycles. The van der Waals surface area contributed by atoms with Crippen LogP contribution >= 0.6 is 23.2 Å². The summed E-state index contributed by atoms with van der Waals surface area (Å²) in [7, 11) is -0.846. The fraction of sp³-hybridized carbons (Fsp3) is 0.500. The molecule has 1 aromatic carbocycles. The molecule has 6 heteroatoms. The van der Waals surface area contributed by atoms with Crippen molar-refractivity contribution >= 4 is 35.8 Å². The van der Waals surface area contributed by atoms with E-state index in [9.17, 15) is 4.39 Å². The van der Waals surface area contributed by atoms with Gasteiger partial charge in [-0.1, -0.05) is 23.2 Å².